The first kappa shape index (κ1) is 26.4. The Bertz CT molecular complexity index is 798. The molecule has 0 bridgehead atoms. The zero-order valence-corrected chi connectivity index (χ0v) is 21.5. The molecule has 4 heteroatoms. The Morgan fingerprint density at radius 1 is 1.16 bits per heavy atom. The highest BCUT2D eigenvalue weighted by Crippen LogP contribution is 2.54. The number of phenolic OH excluding ortho intramolecular Hbond substituents is 1. The minimum atomic E-state index is -0.314. The Labute approximate surface area is 195 Å². The second-order valence-corrected chi connectivity index (χ2v) is 10.7. The van der Waals surface area contributed by atoms with Crippen molar-refractivity contribution in [3.05, 3.63) is 34.9 Å². The van der Waals surface area contributed by atoms with E-state index in [0.29, 0.717) is 12.2 Å². The summed E-state index contributed by atoms with van der Waals surface area (Å²) >= 11 is 0. The van der Waals surface area contributed by atoms with Crippen LogP contribution >= 0.6 is 0 Å². The number of ether oxygens (including phenoxy) is 1. The third-order valence-electron chi connectivity index (χ3n) is 7.11. The predicted molar refractivity (Wildman–Crippen MR) is 134 cm³/mol. The van der Waals surface area contributed by atoms with Crippen molar-refractivity contribution in [1.82, 2.24) is 5.32 Å². The molecule has 4 rings (SSSR count). The SMILES string of the molecule is CC.CC(C)(C)c1cc(O)c2c(c1)OC(C)(C)C1CC=C(C=O)CC21.CNC1CCCC1. The van der Waals surface area contributed by atoms with E-state index < -0.39 is 0 Å². The second-order valence-electron chi connectivity index (χ2n) is 10.7. The van der Waals surface area contributed by atoms with E-state index in [0.717, 1.165) is 41.2 Å². The van der Waals surface area contributed by atoms with Gasteiger partial charge in [0, 0.05) is 23.4 Å². The summed E-state index contributed by atoms with van der Waals surface area (Å²) in [6.45, 7) is 14.6. The van der Waals surface area contributed by atoms with Crippen molar-refractivity contribution in [2.45, 2.75) is 110 Å². The van der Waals surface area contributed by atoms with Gasteiger partial charge in [-0.3, -0.25) is 4.79 Å². The van der Waals surface area contributed by atoms with Gasteiger partial charge in [-0.2, -0.15) is 0 Å². The molecule has 0 radical (unpaired) electrons. The Morgan fingerprint density at radius 3 is 2.28 bits per heavy atom. The van der Waals surface area contributed by atoms with Gasteiger partial charge < -0.3 is 15.2 Å². The number of carbonyl (C=O) groups excluding carboxylic acids is 1. The maximum absolute atomic E-state index is 11.2. The molecule has 32 heavy (non-hydrogen) atoms. The van der Waals surface area contributed by atoms with E-state index in [4.69, 9.17) is 4.74 Å². The van der Waals surface area contributed by atoms with Gasteiger partial charge in [0.25, 0.3) is 0 Å². The minimum Gasteiger partial charge on any atom is -0.508 e. The number of fused-ring (bicyclic) bond motifs is 3. The first-order chi connectivity index (χ1) is 15.1. The Hall–Kier alpha value is -1.81. The first-order valence-corrected chi connectivity index (χ1v) is 12.4. The molecule has 4 nitrogen and oxygen atoms in total. The van der Waals surface area contributed by atoms with Gasteiger partial charge in [-0.05, 0) is 75.3 Å². The molecule has 3 aliphatic rings. The van der Waals surface area contributed by atoms with Gasteiger partial charge in [0.15, 0.2) is 0 Å². The number of rotatable bonds is 2. The van der Waals surface area contributed by atoms with Crippen LogP contribution in [0.3, 0.4) is 0 Å². The maximum atomic E-state index is 11.2. The van der Waals surface area contributed by atoms with E-state index in [1.165, 1.54) is 25.7 Å². The van der Waals surface area contributed by atoms with Crippen LogP contribution in [0.1, 0.15) is 104 Å². The molecule has 0 amide bonds. The molecule has 1 aliphatic heterocycles. The average molecular weight is 444 g/mol. The van der Waals surface area contributed by atoms with Gasteiger partial charge in [-0.15, -0.1) is 0 Å². The fourth-order valence-corrected chi connectivity index (χ4v) is 5.17. The summed E-state index contributed by atoms with van der Waals surface area (Å²) in [6.07, 6.45) is 10.1. The summed E-state index contributed by atoms with van der Waals surface area (Å²) < 4.78 is 6.30. The van der Waals surface area contributed by atoms with Gasteiger partial charge in [0.2, 0.25) is 0 Å². The summed E-state index contributed by atoms with van der Waals surface area (Å²) in [5, 5.41) is 13.9. The number of hydrogen-bond donors (Lipinski definition) is 2. The van der Waals surface area contributed by atoms with Crippen molar-refractivity contribution in [2.24, 2.45) is 5.92 Å². The fraction of sp³-hybridized carbons (Fsp3) is 0.679. The molecule has 0 aromatic heterocycles. The molecule has 1 aromatic carbocycles. The van der Waals surface area contributed by atoms with E-state index in [-0.39, 0.29) is 22.9 Å². The van der Waals surface area contributed by atoms with Crippen LogP contribution in [-0.2, 0) is 10.2 Å². The maximum Gasteiger partial charge on any atom is 0.145 e. The van der Waals surface area contributed by atoms with Gasteiger partial charge in [0.1, 0.15) is 23.4 Å². The lowest BCUT2D eigenvalue weighted by atomic mass is 9.66. The molecule has 1 fully saturated rings. The van der Waals surface area contributed by atoms with E-state index in [1.54, 1.807) is 0 Å². The molecule has 1 aromatic rings. The topological polar surface area (TPSA) is 58.6 Å². The standard InChI is InChI=1S/C20H26O3.C6H13N.C2H6/c1-19(2,3)13-9-16(22)18-14-8-12(11-21)6-7-15(14)20(4,5)23-17(18)10-13;1-7-6-4-2-3-5-6;1-2/h6,9-11,14-15,22H,7-8H2,1-5H3;6-7H,2-5H2,1H3;1-2H3. The van der Waals surface area contributed by atoms with Crippen molar-refractivity contribution >= 4 is 6.29 Å². The highest BCUT2D eigenvalue weighted by atomic mass is 16.5. The molecule has 180 valence electrons. The molecule has 2 atom stereocenters. The van der Waals surface area contributed by atoms with Crippen molar-refractivity contribution in [3.8, 4) is 11.5 Å². The van der Waals surface area contributed by atoms with Gasteiger partial charge in [0.05, 0.1) is 0 Å². The predicted octanol–water partition coefficient (Wildman–Crippen LogP) is 6.65. The van der Waals surface area contributed by atoms with Crippen LogP contribution in [0.25, 0.3) is 0 Å². The molecule has 0 spiro atoms. The van der Waals surface area contributed by atoms with E-state index in [2.05, 4.69) is 53.0 Å². The summed E-state index contributed by atoms with van der Waals surface area (Å²) in [7, 11) is 2.05. The van der Waals surface area contributed by atoms with Crippen LogP contribution in [0.4, 0.5) is 0 Å². The van der Waals surface area contributed by atoms with Crippen molar-refractivity contribution in [1.29, 1.82) is 0 Å². The number of benzene rings is 1. The smallest absolute Gasteiger partial charge is 0.145 e. The summed E-state index contributed by atoms with van der Waals surface area (Å²) in [5.41, 5.74) is 2.39. The van der Waals surface area contributed by atoms with Crippen LogP contribution in [0.5, 0.6) is 11.5 Å². The molecular formula is C28H45NO3. The van der Waals surface area contributed by atoms with E-state index in [1.807, 2.05) is 26.0 Å². The number of allylic oxidation sites excluding steroid dienone is 2. The number of hydrogen-bond acceptors (Lipinski definition) is 4. The number of aldehydes is 1. The lowest BCUT2D eigenvalue weighted by molar-refractivity contribution is -0.105. The second kappa shape index (κ2) is 10.9. The highest BCUT2D eigenvalue weighted by Gasteiger charge is 2.46. The zero-order chi connectivity index (χ0) is 24.1. The fourth-order valence-electron chi connectivity index (χ4n) is 5.17. The molecule has 2 aliphatic carbocycles. The van der Waals surface area contributed by atoms with Crippen LogP contribution in [0.15, 0.2) is 23.8 Å². The molecular weight excluding hydrogens is 398 g/mol. The first-order valence-electron chi connectivity index (χ1n) is 12.4. The van der Waals surface area contributed by atoms with Crippen molar-refractivity contribution in [2.75, 3.05) is 7.05 Å². The normalized spacial score (nSPS) is 23.8. The minimum absolute atomic E-state index is 0.0582. The molecule has 1 saturated carbocycles. The van der Waals surface area contributed by atoms with E-state index in [9.17, 15) is 9.90 Å². The number of aromatic hydroxyl groups is 1. The summed E-state index contributed by atoms with van der Waals surface area (Å²) in [4.78, 5) is 11.2. The quantitative estimate of drug-likeness (QED) is 0.502. The summed E-state index contributed by atoms with van der Waals surface area (Å²) in [6, 6.07) is 4.77. The zero-order valence-electron chi connectivity index (χ0n) is 21.5. The van der Waals surface area contributed by atoms with Crippen LogP contribution in [0, 0.1) is 5.92 Å². The number of nitrogens with one attached hydrogen (secondary N) is 1. The lowest BCUT2D eigenvalue weighted by Crippen LogP contribution is -2.45. The molecule has 0 saturated heterocycles. The number of carbonyl (C=O) groups is 1. The van der Waals surface area contributed by atoms with E-state index >= 15 is 0 Å². The summed E-state index contributed by atoms with van der Waals surface area (Å²) in [5.74, 6) is 1.47. The Kier molecular flexibility index (Phi) is 8.98. The Balaban J connectivity index is 0.000000340. The molecule has 1 heterocycles. The van der Waals surface area contributed by atoms with Gasteiger partial charge in [-0.25, -0.2) is 0 Å². The average Bonchev–Trinajstić information content (AvgIpc) is 3.28. The molecule has 2 unspecified atom stereocenters. The highest BCUT2D eigenvalue weighted by molar-refractivity contribution is 5.74. The van der Waals surface area contributed by atoms with Gasteiger partial charge >= 0.3 is 0 Å². The molecule has 2 N–H and O–H groups in total. The van der Waals surface area contributed by atoms with Crippen molar-refractivity contribution < 1.29 is 14.6 Å². The van der Waals surface area contributed by atoms with Gasteiger partial charge in [-0.1, -0.05) is 53.5 Å². The third kappa shape index (κ3) is 5.95. The lowest BCUT2D eigenvalue weighted by Gasteiger charge is -2.47. The van der Waals surface area contributed by atoms with Crippen LogP contribution in [-0.4, -0.2) is 30.1 Å². The number of phenols is 1. The van der Waals surface area contributed by atoms with Crippen molar-refractivity contribution in [3.63, 3.8) is 0 Å². The van der Waals surface area contributed by atoms with Crippen LogP contribution in [0.2, 0.25) is 0 Å². The van der Waals surface area contributed by atoms with Crippen LogP contribution < -0.4 is 10.1 Å². The largest absolute Gasteiger partial charge is 0.508 e. The third-order valence-corrected chi connectivity index (χ3v) is 7.11. The Morgan fingerprint density at radius 2 is 1.78 bits per heavy atom. The monoisotopic (exact) mass is 443 g/mol.